The fourth-order valence-corrected chi connectivity index (χ4v) is 2.14. The molecule has 0 aromatic heterocycles. The topological polar surface area (TPSA) is 52.3 Å². The molecule has 0 saturated carbocycles. The lowest BCUT2D eigenvalue weighted by atomic mass is 9.80. The van der Waals surface area contributed by atoms with E-state index in [1.807, 2.05) is 32.0 Å². The molecule has 2 N–H and O–H groups in total. The molecule has 1 aromatic rings. The SMILES string of the molecule is CCC(C)(CN)C(=O)Cc1cc(Br)ccc1OC. The van der Waals surface area contributed by atoms with Crippen molar-refractivity contribution in [2.75, 3.05) is 13.7 Å². The van der Waals surface area contributed by atoms with E-state index in [0.717, 1.165) is 22.2 Å². The fraction of sp³-hybridized carbons (Fsp3) is 0.500. The van der Waals surface area contributed by atoms with Crippen LogP contribution in [-0.2, 0) is 11.2 Å². The van der Waals surface area contributed by atoms with Crippen molar-refractivity contribution in [3.8, 4) is 5.75 Å². The average molecular weight is 314 g/mol. The summed E-state index contributed by atoms with van der Waals surface area (Å²) in [4.78, 5) is 12.3. The first-order valence-electron chi connectivity index (χ1n) is 6.02. The molecule has 0 spiro atoms. The van der Waals surface area contributed by atoms with Gasteiger partial charge in [-0.1, -0.05) is 29.8 Å². The molecule has 0 amide bonds. The second kappa shape index (κ2) is 6.34. The maximum absolute atomic E-state index is 12.3. The summed E-state index contributed by atoms with van der Waals surface area (Å²) in [6.45, 7) is 4.28. The van der Waals surface area contributed by atoms with Gasteiger partial charge in [0.25, 0.3) is 0 Å². The molecule has 0 aliphatic rings. The zero-order valence-electron chi connectivity index (χ0n) is 11.1. The normalized spacial score (nSPS) is 14.1. The first kappa shape index (κ1) is 15.2. The number of nitrogens with two attached hydrogens (primary N) is 1. The minimum Gasteiger partial charge on any atom is -0.496 e. The highest BCUT2D eigenvalue weighted by Crippen LogP contribution is 2.28. The number of Topliss-reactive ketones (excluding diaryl/α,β-unsaturated/α-hetero) is 1. The number of halogens is 1. The Morgan fingerprint density at radius 3 is 2.67 bits per heavy atom. The maximum Gasteiger partial charge on any atom is 0.144 e. The molecule has 3 nitrogen and oxygen atoms in total. The van der Waals surface area contributed by atoms with Crippen LogP contribution in [0.4, 0.5) is 0 Å². The van der Waals surface area contributed by atoms with Crippen LogP contribution in [-0.4, -0.2) is 19.4 Å². The number of ether oxygens (including phenoxy) is 1. The first-order valence-corrected chi connectivity index (χ1v) is 6.82. The largest absolute Gasteiger partial charge is 0.496 e. The van der Waals surface area contributed by atoms with Gasteiger partial charge in [0.2, 0.25) is 0 Å². The van der Waals surface area contributed by atoms with Crippen LogP contribution in [0, 0.1) is 5.41 Å². The third-order valence-electron chi connectivity index (χ3n) is 3.50. The van der Waals surface area contributed by atoms with Crippen LogP contribution < -0.4 is 10.5 Å². The molecular formula is C14H20BrNO2. The molecule has 18 heavy (non-hydrogen) atoms. The Morgan fingerprint density at radius 2 is 2.17 bits per heavy atom. The van der Waals surface area contributed by atoms with E-state index in [1.165, 1.54) is 0 Å². The van der Waals surface area contributed by atoms with E-state index >= 15 is 0 Å². The molecule has 1 aromatic carbocycles. The van der Waals surface area contributed by atoms with Gasteiger partial charge in [-0.25, -0.2) is 0 Å². The Kier molecular flexibility index (Phi) is 5.35. The van der Waals surface area contributed by atoms with E-state index in [9.17, 15) is 4.79 Å². The van der Waals surface area contributed by atoms with Crippen molar-refractivity contribution < 1.29 is 9.53 Å². The van der Waals surface area contributed by atoms with Crippen molar-refractivity contribution in [1.29, 1.82) is 0 Å². The molecular weight excluding hydrogens is 294 g/mol. The van der Waals surface area contributed by atoms with E-state index in [0.29, 0.717) is 13.0 Å². The number of ketones is 1. The van der Waals surface area contributed by atoms with E-state index in [2.05, 4.69) is 15.9 Å². The van der Waals surface area contributed by atoms with E-state index < -0.39 is 5.41 Å². The van der Waals surface area contributed by atoms with Crippen molar-refractivity contribution in [2.24, 2.45) is 11.1 Å². The summed E-state index contributed by atoms with van der Waals surface area (Å²) in [7, 11) is 1.61. The van der Waals surface area contributed by atoms with Gasteiger partial charge in [-0.05, 0) is 24.6 Å². The predicted octanol–water partition coefficient (Wildman–Crippen LogP) is 2.94. The first-order chi connectivity index (χ1) is 8.46. The zero-order chi connectivity index (χ0) is 13.8. The molecule has 100 valence electrons. The van der Waals surface area contributed by atoms with Gasteiger partial charge in [-0.2, -0.15) is 0 Å². The molecule has 0 bridgehead atoms. The van der Waals surface area contributed by atoms with Gasteiger partial charge in [0, 0.05) is 28.4 Å². The molecule has 0 aliphatic heterocycles. The maximum atomic E-state index is 12.3. The summed E-state index contributed by atoms with van der Waals surface area (Å²) in [6, 6.07) is 5.68. The van der Waals surface area contributed by atoms with Crippen LogP contribution in [0.5, 0.6) is 5.75 Å². The summed E-state index contributed by atoms with van der Waals surface area (Å²) >= 11 is 3.41. The summed E-state index contributed by atoms with van der Waals surface area (Å²) in [5, 5.41) is 0. The number of carbonyl (C=O) groups excluding carboxylic acids is 1. The number of rotatable bonds is 6. The minimum absolute atomic E-state index is 0.156. The molecule has 0 radical (unpaired) electrons. The minimum atomic E-state index is -0.451. The Bertz CT molecular complexity index is 428. The molecule has 1 unspecified atom stereocenters. The standard InChI is InChI=1S/C14H20BrNO2/c1-4-14(2,9-16)13(17)8-10-7-11(15)5-6-12(10)18-3/h5-7H,4,8-9,16H2,1-3H3. The van der Waals surface area contributed by atoms with Crippen LogP contribution in [0.15, 0.2) is 22.7 Å². The van der Waals surface area contributed by atoms with Gasteiger partial charge < -0.3 is 10.5 Å². The quantitative estimate of drug-likeness (QED) is 0.878. The number of benzene rings is 1. The van der Waals surface area contributed by atoms with Crippen molar-refractivity contribution in [1.82, 2.24) is 0 Å². The zero-order valence-corrected chi connectivity index (χ0v) is 12.7. The van der Waals surface area contributed by atoms with Crippen LogP contribution in [0.1, 0.15) is 25.8 Å². The van der Waals surface area contributed by atoms with Crippen LogP contribution in [0.2, 0.25) is 0 Å². The molecule has 1 rings (SSSR count). The van der Waals surface area contributed by atoms with Crippen LogP contribution >= 0.6 is 15.9 Å². The van der Waals surface area contributed by atoms with Crippen molar-refractivity contribution >= 4 is 21.7 Å². The highest BCUT2D eigenvalue weighted by molar-refractivity contribution is 9.10. The summed E-state index contributed by atoms with van der Waals surface area (Å²) in [5.41, 5.74) is 6.15. The summed E-state index contributed by atoms with van der Waals surface area (Å²) in [6.07, 6.45) is 1.10. The third kappa shape index (κ3) is 3.33. The second-order valence-corrected chi connectivity index (χ2v) is 5.59. The monoisotopic (exact) mass is 313 g/mol. The van der Waals surface area contributed by atoms with Crippen molar-refractivity contribution in [3.05, 3.63) is 28.2 Å². The van der Waals surface area contributed by atoms with E-state index in [-0.39, 0.29) is 5.78 Å². The van der Waals surface area contributed by atoms with Crippen molar-refractivity contribution in [2.45, 2.75) is 26.7 Å². The van der Waals surface area contributed by atoms with Gasteiger partial charge >= 0.3 is 0 Å². The Morgan fingerprint density at radius 1 is 1.50 bits per heavy atom. The van der Waals surface area contributed by atoms with Gasteiger partial charge in [0.15, 0.2) is 0 Å². The molecule has 0 fully saturated rings. The number of methoxy groups -OCH3 is 1. The lowest BCUT2D eigenvalue weighted by molar-refractivity contribution is -0.126. The molecule has 1 atom stereocenters. The molecule has 0 aliphatic carbocycles. The Hall–Kier alpha value is -0.870. The van der Waals surface area contributed by atoms with Crippen molar-refractivity contribution in [3.63, 3.8) is 0 Å². The fourth-order valence-electron chi connectivity index (χ4n) is 1.73. The highest BCUT2D eigenvalue weighted by Gasteiger charge is 2.29. The molecule has 0 heterocycles. The Labute approximate surface area is 117 Å². The second-order valence-electron chi connectivity index (χ2n) is 4.67. The summed E-state index contributed by atoms with van der Waals surface area (Å²) < 4.78 is 6.22. The number of carbonyl (C=O) groups is 1. The molecule has 4 heteroatoms. The lowest BCUT2D eigenvalue weighted by Gasteiger charge is -2.25. The lowest BCUT2D eigenvalue weighted by Crippen LogP contribution is -2.36. The van der Waals surface area contributed by atoms with Gasteiger partial charge in [0.05, 0.1) is 7.11 Å². The molecule has 0 saturated heterocycles. The highest BCUT2D eigenvalue weighted by atomic mass is 79.9. The van der Waals surface area contributed by atoms with Gasteiger partial charge in [-0.15, -0.1) is 0 Å². The summed E-state index contributed by atoms with van der Waals surface area (Å²) in [5.74, 6) is 0.894. The van der Waals surface area contributed by atoms with Gasteiger partial charge in [0.1, 0.15) is 11.5 Å². The third-order valence-corrected chi connectivity index (χ3v) is 3.99. The van der Waals surface area contributed by atoms with Gasteiger partial charge in [-0.3, -0.25) is 4.79 Å². The average Bonchev–Trinajstić information content (AvgIpc) is 2.38. The van der Waals surface area contributed by atoms with E-state index in [4.69, 9.17) is 10.5 Å². The smallest absolute Gasteiger partial charge is 0.144 e. The van der Waals surface area contributed by atoms with Crippen LogP contribution in [0.25, 0.3) is 0 Å². The Balaban J connectivity index is 2.97. The van der Waals surface area contributed by atoms with E-state index in [1.54, 1.807) is 7.11 Å². The predicted molar refractivity (Wildman–Crippen MR) is 76.9 cm³/mol. The number of hydrogen-bond donors (Lipinski definition) is 1. The van der Waals surface area contributed by atoms with Crippen LogP contribution in [0.3, 0.4) is 0 Å². The number of hydrogen-bond acceptors (Lipinski definition) is 3.